The van der Waals surface area contributed by atoms with Crippen LogP contribution >= 0.6 is 0 Å². The highest BCUT2D eigenvalue weighted by Crippen LogP contribution is 2.75. The molecule has 0 amide bonds. The molecule has 0 heterocycles. The molecule has 3 heteroatoms. The molecule has 0 aromatic rings. The fraction of sp³-hybridized carbons (Fsp3) is 0.867. The van der Waals surface area contributed by atoms with Crippen LogP contribution in [0.25, 0.3) is 0 Å². The molecule has 186 valence electrons. The van der Waals surface area contributed by atoms with Gasteiger partial charge >= 0.3 is 0 Å². The summed E-state index contributed by atoms with van der Waals surface area (Å²) in [5, 5.41) is 34.1. The molecule has 0 saturated heterocycles. The van der Waals surface area contributed by atoms with E-state index in [1.54, 1.807) is 0 Å². The topological polar surface area (TPSA) is 60.7 Å². The summed E-state index contributed by atoms with van der Waals surface area (Å²) >= 11 is 0. The van der Waals surface area contributed by atoms with Crippen LogP contribution in [0.3, 0.4) is 0 Å². The van der Waals surface area contributed by atoms with Crippen molar-refractivity contribution in [1.82, 2.24) is 0 Å². The highest BCUT2D eigenvalue weighted by Gasteiger charge is 2.71. The van der Waals surface area contributed by atoms with Crippen LogP contribution in [0.1, 0.15) is 93.9 Å². The molecule has 10 atom stereocenters. The largest absolute Gasteiger partial charge is 0.393 e. The van der Waals surface area contributed by atoms with Crippen molar-refractivity contribution in [2.24, 2.45) is 50.7 Å². The third-order valence-corrected chi connectivity index (χ3v) is 12.7. The van der Waals surface area contributed by atoms with E-state index in [1.807, 2.05) is 0 Å². The molecule has 5 rings (SSSR count). The Morgan fingerprint density at radius 1 is 0.909 bits per heavy atom. The van der Waals surface area contributed by atoms with E-state index in [0.717, 1.165) is 38.5 Å². The first-order valence-electron chi connectivity index (χ1n) is 13.6. The maximum absolute atomic E-state index is 11.8. The monoisotopic (exact) mass is 456 g/mol. The highest BCUT2D eigenvalue weighted by atomic mass is 16.3. The summed E-state index contributed by atoms with van der Waals surface area (Å²) in [6.07, 6.45) is 9.45. The molecule has 5 aliphatic carbocycles. The molecule has 0 aromatic carbocycles. The van der Waals surface area contributed by atoms with Gasteiger partial charge in [0.05, 0.1) is 18.3 Å². The smallest absolute Gasteiger partial charge is 0.0609 e. The average molecular weight is 457 g/mol. The maximum atomic E-state index is 11.8. The van der Waals surface area contributed by atoms with Crippen molar-refractivity contribution in [2.45, 2.75) is 112 Å². The summed E-state index contributed by atoms with van der Waals surface area (Å²) in [4.78, 5) is 0. The number of aliphatic hydroxyl groups is 3. The van der Waals surface area contributed by atoms with E-state index < -0.39 is 6.10 Å². The van der Waals surface area contributed by atoms with E-state index in [-0.39, 0.29) is 45.2 Å². The zero-order valence-electron chi connectivity index (χ0n) is 22.3. The van der Waals surface area contributed by atoms with Gasteiger partial charge in [0, 0.05) is 10.8 Å². The van der Waals surface area contributed by atoms with Crippen molar-refractivity contribution < 1.29 is 15.3 Å². The van der Waals surface area contributed by atoms with Crippen LogP contribution in [0.15, 0.2) is 23.3 Å². The lowest BCUT2D eigenvalue weighted by Crippen LogP contribution is -2.64. The summed E-state index contributed by atoms with van der Waals surface area (Å²) < 4.78 is 0. The number of allylic oxidation sites excluding steroid dienone is 4. The van der Waals surface area contributed by atoms with Crippen molar-refractivity contribution in [2.75, 3.05) is 0 Å². The van der Waals surface area contributed by atoms with E-state index in [4.69, 9.17) is 0 Å². The lowest BCUT2D eigenvalue weighted by atomic mass is 9.37. The van der Waals surface area contributed by atoms with E-state index in [0.29, 0.717) is 17.8 Å². The zero-order chi connectivity index (χ0) is 24.4. The van der Waals surface area contributed by atoms with Crippen molar-refractivity contribution in [3.63, 3.8) is 0 Å². The van der Waals surface area contributed by atoms with Gasteiger partial charge in [-0.25, -0.2) is 0 Å². The van der Waals surface area contributed by atoms with Crippen LogP contribution in [0.5, 0.6) is 0 Å². The van der Waals surface area contributed by atoms with Crippen molar-refractivity contribution in [3.8, 4) is 0 Å². The van der Waals surface area contributed by atoms with Crippen LogP contribution in [-0.2, 0) is 0 Å². The van der Waals surface area contributed by atoms with Gasteiger partial charge in [-0.15, -0.1) is 0 Å². The summed E-state index contributed by atoms with van der Waals surface area (Å²) in [7, 11) is 0. The fourth-order valence-corrected chi connectivity index (χ4v) is 10.6. The number of aliphatic hydroxyl groups excluding tert-OH is 3. The summed E-state index contributed by atoms with van der Waals surface area (Å²) in [6.45, 7) is 18.6. The molecule has 0 bridgehead atoms. The SMILES string of the molecule is CC(C)[C@H]1C[C@@H](O)[C@@H]2[C@]1(C)[C@H](O)C[C@]1(C)C3=CC[C@H]4C(C)(C)[C@H](O)CC[C@]4(C)C3=CC[C@@]21C. The highest BCUT2D eigenvalue weighted by molar-refractivity contribution is 5.50. The van der Waals surface area contributed by atoms with Gasteiger partial charge in [-0.3, -0.25) is 0 Å². The van der Waals surface area contributed by atoms with Crippen LogP contribution in [-0.4, -0.2) is 33.6 Å². The summed E-state index contributed by atoms with van der Waals surface area (Å²) in [6, 6.07) is 0. The molecule has 3 saturated carbocycles. The third kappa shape index (κ3) is 2.68. The van der Waals surface area contributed by atoms with E-state index in [2.05, 4.69) is 67.5 Å². The number of hydrogen-bond acceptors (Lipinski definition) is 3. The summed E-state index contributed by atoms with van der Waals surface area (Å²) in [5.41, 5.74) is 2.43. The minimum absolute atomic E-state index is 0.0671. The molecular formula is C30H48O3. The second kappa shape index (κ2) is 6.98. The molecule has 0 spiro atoms. The van der Waals surface area contributed by atoms with E-state index in [9.17, 15) is 15.3 Å². The predicted octanol–water partition coefficient (Wildman–Crippen LogP) is 5.89. The summed E-state index contributed by atoms with van der Waals surface area (Å²) in [5.74, 6) is 1.33. The Kier molecular flexibility index (Phi) is 5.09. The van der Waals surface area contributed by atoms with Crippen molar-refractivity contribution in [3.05, 3.63) is 23.3 Å². The van der Waals surface area contributed by atoms with Crippen LogP contribution in [0, 0.1) is 50.7 Å². The van der Waals surface area contributed by atoms with Gasteiger partial charge in [-0.2, -0.15) is 0 Å². The van der Waals surface area contributed by atoms with E-state index in [1.165, 1.54) is 11.1 Å². The molecule has 3 fully saturated rings. The quantitative estimate of drug-likeness (QED) is 0.461. The Balaban J connectivity index is 1.64. The molecular weight excluding hydrogens is 408 g/mol. The van der Waals surface area contributed by atoms with Crippen molar-refractivity contribution >= 4 is 0 Å². The Hall–Kier alpha value is -0.640. The van der Waals surface area contributed by atoms with Crippen LogP contribution in [0.2, 0.25) is 0 Å². The van der Waals surface area contributed by atoms with Gasteiger partial charge in [0.15, 0.2) is 0 Å². The average Bonchev–Trinajstić information content (AvgIpc) is 3.00. The fourth-order valence-electron chi connectivity index (χ4n) is 10.6. The predicted molar refractivity (Wildman–Crippen MR) is 133 cm³/mol. The Morgan fingerprint density at radius 2 is 1.58 bits per heavy atom. The molecule has 5 aliphatic rings. The molecule has 3 N–H and O–H groups in total. The lowest BCUT2D eigenvalue weighted by Gasteiger charge is -2.67. The van der Waals surface area contributed by atoms with Crippen LogP contribution in [0.4, 0.5) is 0 Å². The number of hydrogen-bond donors (Lipinski definition) is 3. The van der Waals surface area contributed by atoms with Gasteiger partial charge < -0.3 is 15.3 Å². The number of fused-ring (bicyclic) bond motifs is 7. The Morgan fingerprint density at radius 3 is 2.21 bits per heavy atom. The first-order chi connectivity index (χ1) is 15.2. The van der Waals surface area contributed by atoms with Gasteiger partial charge in [0.1, 0.15) is 0 Å². The van der Waals surface area contributed by atoms with Gasteiger partial charge in [-0.05, 0) is 89.6 Å². The maximum Gasteiger partial charge on any atom is 0.0609 e. The standard InChI is InChI=1S/C30H48O3/c1-17(2)20-15-21(31)25-28(6)14-11-18-19(29(28,7)16-24(33)30(20,25)8)9-10-22-26(3,4)23(32)12-13-27(18,22)5/h9,11,17,20-25,31-33H,10,12-16H2,1-8H3/t20-,21-,22+,23-,24-,25+,27-,28+,29-,30+/m1/s1. The van der Waals surface area contributed by atoms with E-state index >= 15 is 0 Å². The third-order valence-electron chi connectivity index (χ3n) is 12.7. The second-order valence-electron chi connectivity index (χ2n) is 14.5. The first kappa shape index (κ1) is 24.1. The molecule has 3 nitrogen and oxygen atoms in total. The van der Waals surface area contributed by atoms with Gasteiger partial charge in [0.25, 0.3) is 0 Å². The molecule has 0 radical (unpaired) electrons. The van der Waals surface area contributed by atoms with Gasteiger partial charge in [-0.1, -0.05) is 67.5 Å². The first-order valence-corrected chi connectivity index (χ1v) is 13.6. The Bertz CT molecular complexity index is 900. The molecule has 0 aliphatic heterocycles. The minimum Gasteiger partial charge on any atom is -0.393 e. The van der Waals surface area contributed by atoms with Crippen LogP contribution < -0.4 is 0 Å². The number of rotatable bonds is 1. The minimum atomic E-state index is -0.402. The van der Waals surface area contributed by atoms with Gasteiger partial charge in [0.2, 0.25) is 0 Å². The van der Waals surface area contributed by atoms with Crippen molar-refractivity contribution in [1.29, 1.82) is 0 Å². The molecule has 0 aromatic heterocycles. The Labute approximate surface area is 201 Å². The molecule has 0 unspecified atom stereocenters. The second-order valence-corrected chi connectivity index (χ2v) is 14.5. The normalized spacial score (nSPS) is 55.2. The molecule has 33 heavy (non-hydrogen) atoms. The lowest BCUT2D eigenvalue weighted by molar-refractivity contribution is -0.187. The zero-order valence-corrected chi connectivity index (χ0v) is 22.3.